The Morgan fingerprint density at radius 2 is 1.96 bits per heavy atom. The van der Waals surface area contributed by atoms with Crippen molar-refractivity contribution in [1.29, 1.82) is 0 Å². The Bertz CT molecular complexity index is 862. The molecule has 6 heteroatoms. The maximum Gasteiger partial charge on any atom is 0.191 e. The van der Waals surface area contributed by atoms with Crippen LogP contribution in [0.2, 0.25) is 0 Å². The molecule has 0 atom stereocenters. The molecule has 0 amide bonds. The molecule has 2 aromatic heterocycles. The topological polar surface area (TPSA) is 46.8 Å². The smallest absolute Gasteiger partial charge is 0.191 e. The molecule has 4 rings (SSSR count). The summed E-state index contributed by atoms with van der Waals surface area (Å²) in [5.74, 6) is 1.92. The molecule has 0 spiro atoms. The summed E-state index contributed by atoms with van der Waals surface area (Å²) in [6.45, 7) is 3.38. The average Bonchev–Trinajstić information content (AvgIpc) is 3.06. The van der Waals surface area contributed by atoms with Gasteiger partial charge in [-0.3, -0.25) is 9.88 Å². The van der Waals surface area contributed by atoms with E-state index in [1.807, 2.05) is 25.4 Å². The lowest BCUT2D eigenvalue weighted by molar-refractivity contribution is 0.255. The molecule has 0 unspecified atom stereocenters. The van der Waals surface area contributed by atoms with E-state index in [0.717, 1.165) is 48.4 Å². The molecule has 0 radical (unpaired) electrons. The Morgan fingerprint density at radius 1 is 1.08 bits per heavy atom. The van der Waals surface area contributed by atoms with Crippen molar-refractivity contribution in [3.05, 3.63) is 59.9 Å². The quantitative estimate of drug-likeness (QED) is 0.495. The van der Waals surface area contributed by atoms with Gasteiger partial charge < -0.3 is 4.57 Å². The van der Waals surface area contributed by atoms with E-state index in [-0.39, 0.29) is 0 Å². The average molecular weight is 366 g/mol. The second kappa shape index (κ2) is 8.01. The summed E-state index contributed by atoms with van der Waals surface area (Å²) in [5, 5.41) is 9.63. The van der Waals surface area contributed by atoms with Crippen LogP contribution in [0.15, 0.2) is 53.9 Å². The zero-order chi connectivity index (χ0) is 17.8. The first-order chi connectivity index (χ1) is 12.8. The van der Waals surface area contributed by atoms with Crippen molar-refractivity contribution in [2.75, 3.05) is 18.8 Å². The molecule has 134 valence electrons. The van der Waals surface area contributed by atoms with Gasteiger partial charge in [0.05, 0.1) is 0 Å². The van der Waals surface area contributed by atoms with Gasteiger partial charge in [-0.2, -0.15) is 0 Å². The van der Waals surface area contributed by atoms with Gasteiger partial charge in [0, 0.05) is 43.8 Å². The van der Waals surface area contributed by atoms with Crippen LogP contribution >= 0.6 is 11.8 Å². The summed E-state index contributed by atoms with van der Waals surface area (Å²) in [4.78, 5) is 6.72. The van der Waals surface area contributed by atoms with Gasteiger partial charge in [0.25, 0.3) is 0 Å². The van der Waals surface area contributed by atoms with Crippen LogP contribution in [0.5, 0.6) is 0 Å². The minimum atomic E-state index is 0.869. The number of fused-ring (bicyclic) bond motifs is 1. The maximum atomic E-state index is 4.34. The molecule has 0 N–H and O–H groups in total. The van der Waals surface area contributed by atoms with E-state index in [2.05, 4.69) is 48.9 Å². The molecule has 0 aliphatic carbocycles. The number of aromatic nitrogens is 4. The van der Waals surface area contributed by atoms with Gasteiger partial charge in [0.2, 0.25) is 0 Å². The lowest BCUT2D eigenvalue weighted by Gasteiger charge is -2.28. The van der Waals surface area contributed by atoms with Gasteiger partial charge in [-0.05, 0) is 42.6 Å². The number of hydrogen-bond donors (Lipinski definition) is 0. The third-order valence-corrected chi connectivity index (χ3v) is 5.92. The molecule has 0 bridgehead atoms. The van der Waals surface area contributed by atoms with Crippen LogP contribution in [0.1, 0.15) is 17.5 Å². The number of rotatable bonds is 6. The highest BCUT2D eigenvalue weighted by molar-refractivity contribution is 7.99. The van der Waals surface area contributed by atoms with Gasteiger partial charge in [-0.15, -0.1) is 10.2 Å². The van der Waals surface area contributed by atoms with Crippen molar-refractivity contribution in [2.24, 2.45) is 7.05 Å². The molecule has 0 fully saturated rings. The van der Waals surface area contributed by atoms with E-state index in [9.17, 15) is 0 Å². The highest BCUT2D eigenvalue weighted by Gasteiger charge is 2.15. The number of pyridine rings is 1. The van der Waals surface area contributed by atoms with Crippen molar-refractivity contribution < 1.29 is 0 Å². The van der Waals surface area contributed by atoms with E-state index >= 15 is 0 Å². The molecule has 0 saturated heterocycles. The highest BCUT2D eigenvalue weighted by atomic mass is 32.2. The van der Waals surface area contributed by atoms with Crippen LogP contribution in [-0.4, -0.2) is 43.5 Å². The standard InChI is InChI=1S/C20H23N5S/c1-24-19(17-8-4-10-21-14-17)22-23-20(24)26-13-5-11-25-12-9-16-6-2-3-7-18(16)15-25/h2-4,6-8,10,14H,5,9,11-13,15H2,1H3. The normalized spacial score (nSPS) is 14.3. The lowest BCUT2D eigenvalue weighted by Crippen LogP contribution is -2.31. The fourth-order valence-electron chi connectivity index (χ4n) is 3.38. The van der Waals surface area contributed by atoms with Crippen molar-refractivity contribution >= 4 is 11.8 Å². The van der Waals surface area contributed by atoms with Crippen molar-refractivity contribution in [2.45, 2.75) is 24.5 Å². The molecule has 1 aromatic carbocycles. The Labute approximate surface area is 158 Å². The van der Waals surface area contributed by atoms with Crippen LogP contribution in [0.3, 0.4) is 0 Å². The lowest BCUT2D eigenvalue weighted by atomic mass is 10.00. The molecular weight excluding hydrogens is 342 g/mol. The van der Waals surface area contributed by atoms with Gasteiger partial charge in [0.1, 0.15) is 0 Å². The van der Waals surface area contributed by atoms with Gasteiger partial charge in [-0.25, -0.2) is 0 Å². The Kier molecular flexibility index (Phi) is 5.32. The van der Waals surface area contributed by atoms with Gasteiger partial charge in [0.15, 0.2) is 11.0 Å². The highest BCUT2D eigenvalue weighted by Crippen LogP contribution is 2.23. The largest absolute Gasteiger partial charge is 0.305 e. The first kappa shape index (κ1) is 17.2. The Morgan fingerprint density at radius 3 is 2.81 bits per heavy atom. The zero-order valence-corrected chi connectivity index (χ0v) is 15.8. The van der Waals surface area contributed by atoms with Crippen LogP contribution < -0.4 is 0 Å². The summed E-state index contributed by atoms with van der Waals surface area (Å²) in [6.07, 6.45) is 5.92. The predicted octanol–water partition coefficient (Wildman–Crippen LogP) is 3.42. The van der Waals surface area contributed by atoms with Crippen molar-refractivity contribution in [3.8, 4) is 11.4 Å². The summed E-state index contributed by atoms with van der Waals surface area (Å²) < 4.78 is 2.05. The minimum Gasteiger partial charge on any atom is -0.305 e. The Balaban J connectivity index is 1.28. The van der Waals surface area contributed by atoms with E-state index in [0.29, 0.717) is 0 Å². The van der Waals surface area contributed by atoms with E-state index in [1.54, 1.807) is 18.0 Å². The van der Waals surface area contributed by atoms with Gasteiger partial charge in [-0.1, -0.05) is 36.0 Å². The zero-order valence-electron chi connectivity index (χ0n) is 15.0. The van der Waals surface area contributed by atoms with Gasteiger partial charge >= 0.3 is 0 Å². The third-order valence-electron chi connectivity index (χ3n) is 4.81. The van der Waals surface area contributed by atoms with Crippen molar-refractivity contribution in [3.63, 3.8) is 0 Å². The maximum absolute atomic E-state index is 4.34. The fraction of sp³-hybridized carbons (Fsp3) is 0.350. The van der Waals surface area contributed by atoms with Crippen LogP contribution in [0.4, 0.5) is 0 Å². The first-order valence-electron chi connectivity index (χ1n) is 9.03. The van der Waals surface area contributed by atoms with E-state index < -0.39 is 0 Å². The number of benzene rings is 1. The second-order valence-electron chi connectivity index (χ2n) is 6.60. The summed E-state index contributed by atoms with van der Waals surface area (Å²) in [7, 11) is 2.02. The SMILES string of the molecule is Cn1c(SCCCN2CCc3ccccc3C2)nnc1-c1cccnc1. The second-order valence-corrected chi connectivity index (χ2v) is 7.67. The number of nitrogens with zero attached hydrogens (tertiary/aromatic N) is 5. The molecule has 5 nitrogen and oxygen atoms in total. The number of thioether (sulfide) groups is 1. The molecular formula is C20H23N5S. The monoisotopic (exact) mass is 365 g/mol. The van der Waals surface area contributed by atoms with Crippen LogP contribution in [0.25, 0.3) is 11.4 Å². The first-order valence-corrected chi connectivity index (χ1v) is 10.0. The van der Waals surface area contributed by atoms with Crippen LogP contribution in [0, 0.1) is 0 Å². The van der Waals surface area contributed by atoms with Crippen LogP contribution in [-0.2, 0) is 20.0 Å². The summed E-state index contributed by atoms with van der Waals surface area (Å²) in [6, 6.07) is 12.7. The molecule has 1 aliphatic heterocycles. The molecule has 1 aliphatic rings. The number of hydrogen-bond acceptors (Lipinski definition) is 5. The fourth-order valence-corrected chi connectivity index (χ4v) is 4.22. The van der Waals surface area contributed by atoms with Crippen molar-refractivity contribution in [1.82, 2.24) is 24.6 Å². The minimum absolute atomic E-state index is 0.869. The predicted molar refractivity (Wildman–Crippen MR) is 105 cm³/mol. The van der Waals surface area contributed by atoms with E-state index in [4.69, 9.17) is 0 Å². The Hall–Kier alpha value is -2.18. The summed E-state index contributed by atoms with van der Waals surface area (Å²) >= 11 is 1.78. The molecule has 3 aromatic rings. The van der Waals surface area contributed by atoms with E-state index in [1.165, 1.54) is 17.5 Å². The molecule has 3 heterocycles. The third kappa shape index (κ3) is 3.81. The molecule has 0 saturated carbocycles. The summed E-state index contributed by atoms with van der Waals surface area (Å²) in [5.41, 5.74) is 4.00. The molecule has 26 heavy (non-hydrogen) atoms.